The number of carbonyl (C=O) groups excluding carboxylic acids is 1. The van der Waals surface area contributed by atoms with Gasteiger partial charge in [-0.2, -0.15) is 0 Å². The number of hydrogen-bond donors (Lipinski definition) is 0. The zero-order valence-electron chi connectivity index (χ0n) is 9.01. The van der Waals surface area contributed by atoms with Crippen LogP contribution < -0.4 is 0 Å². The standard InChI is InChI=1S/C15H9O2/c16-15(17)13-6-5-12-7-10-3-1-2-4-11(10)8-14(12)9-13/h1-9H. The van der Waals surface area contributed by atoms with Crippen LogP contribution in [0.15, 0.2) is 54.6 Å². The van der Waals surface area contributed by atoms with Gasteiger partial charge in [-0.25, -0.2) is 9.90 Å². The third kappa shape index (κ3) is 1.64. The minimum Gasteiger partial charge on any atom is -0.242 e. The predicted molar refractivity (Wildman–Crippen MR) is 66.5 cm³/mol. The molecule has 3 aromatic rings. The lowest BCUT2D eigenvalue weighted by molar-refractivity contribution is 0.0573. The molecule has 17 heavy (non-hydrogen) atoms. The summed E-state index contributed by atoms with van der Waals surface area (Å²) in [6, 6.07) is 17.1. The normalized spacial score (nSPS) is 10.8. The van der Waals surface area contributed by atoms with Gasteiger partial charge in [0.15, 0.2) is 0 Å². The molecule has 0 heterocycles. The molecule has 81 valence electrons. The second kappa shape index (κ2) is 3.59. The largest absolute Gasteiger partial charge is 0.386 e. The number of fused-ring (bicyclic) bond motifs is 2. The molecule has 0 aromatic heterocycles. The van der Waals surface area contributed by atoms with Crippen LogP contribution in [0.3, 0.4) is 0 Å². The van der Waals surface area contributed by atoms with Gasteiger partial charge >= 0.3 is 5.97 Å². The van der Waals surface area contributed by atoms with E-state index in [-0.39, 0.29) is 5.56 Å². The Hall–Kier alpha value is -2.35. The highest BCUT2D eigenvalue weighted by Gasteiger charge is 2.06. The van der Waals surface area contributed by atoms with Gasteiger partial charge in [0.05, 0.1) is 5.56 Å². The molecule has 0 spiro atoms. The van der Waals surface area contributed by atoms with E-state index in [0.29, 0.717) is 0 Å². The van der Waals surface area contributed by atoms with E-state index in [2.05, 4.69) is 6.07 Å². The van der Waals surface area contributed by atoms with Crippen LogP contribution in [0, 0.1) is 0 Å². The molecule has 0 aliphatic heterocycles. The molecule has 0 aliphatic carbocycles. The van der Waals surface area contributed by atoms with Gasteiger partial charge < -0.3 is 0 Å². The fourth-order valence-corrected chi connectivity index (χ4v) is 2.07. The summed E-state index contributed by atoms with van der Waals surface area (Å²) >= 11 is 0. The van der Waals surface area contributed by atoms with Crippen LogP contribution in [0.2, 0.25) is 0 Å². The highest BCUT2D eigenvalue weighted by atomic mass is 16.4. The molecule has 0 fully saturated rings. The fraction of sp³-hybridized carbons (Fsp3) is 0. The molecule has 0 unspecified atom stereocenters. The maximum Gasteiger partial charge on any atom is 0.386 e. The summed E-state index contributed by atoms with van der Waals surface area (Å²) in [4.78, 5) is 10.8. The topological polar surface area (TPSA) is 37.0 Å². The Kier molecular flexibility index (Phi) is 2.08. The molecule has 3 rings (SSSR count). The summed E-state index contributed by atoms with van der Waals surface area (Å²) in [5.74, 6) is -1.14. The van der Waals surface area contributed by atoms with Crippen LogP contribution in [-0.4, -0.2) is 5.97 Å². The van der Waals surface area contributed by atoms with Gasteiger partial charge in [0.2, 0.25) is 0 Å². The van der Waals surface area contributed by atoms with Crippen molar-refractivity contribution in [2.75, 3.05) is 0 Å². The van der Waals surface area contributed by atoms with Crippen molar-refractivity contribution in [3.63, 3.8) is 0 Å². The Balaban J connectivity index is 2.36. The number of rotatable bonds is 1. The lowest BCUT2D eigenvalue weighted by Crippen LogP contribution is -1.93. The van der Waals surface area contributed by atoms with Crippen LogP contribution in [0.4, 0.5) is 0 Å². The van der Waals surface area contributed by atoms with E-state index in [1.54, 1.807) is 12.1 Å². The molecule has 3 aromatic carbocycles. The van der Waals surface area contributed by atoms with Gasteiger partial charge in [-0.15, -0.1) is 0 Å². The number of hydrogen-bond acceptors (Lipinski definition) is 1. The lowest BCUT2D eigenvalue weighted by Gasteiger charge is -2.02. The Morgan fingerprint density at radius 1 is 0.706 bits per heavy atom. The van der Waals surface area contributed by atoms with Gasteiger partial charge in [-0.1, -0.05) is 30.3 Å². The zero-order valence-corrected chi connectivity index (χ0v) is 9.01. The highest BCUT2D eigenvalue weighted by molar-refractivity contribution is 6.01. The first-order chi connectivity index (χ1) is 8.24. The van der Waals surface area contributed by atoms with E-state index >= 15 is 0 Å². The number of benzene rings is 3. The molecule has 0 aliphatic rings. The van der Waals surface area contributed by atoms with Crippen molar-refractivity contribution < 1.29 is 9.90 Å². The zero-order chi connectivity index (χ0) is 11.8. The summed E-state index contributed by atoms with van der Waals surface area (Å²) in [6.07, 6.45) is 0. The molecule has 0 saturated carbocycles. The SMILES string of the molecule is [O]C(=O)c1ccc2cc3ccccc3cc2c1. The third-order valence-corrected chi connectivity index (χ3v) is 2.94. The van der Waals surface area contributed by atoms with Gasteiger partial charge in [-0.05, 0) is 45.8 Å². The molecule has 0 amide bonds. The van der Waals surface area contributed by atoms with Gasteiger partial charge in [0.1, 0.15) is 0 Å². The van der Waals surface area contributed by atoms with E-state index in [1.807, 2.05) is 36.4 Å². The summed E-state index contributed by atoms with van der Waals surface area (Å²) in [5, 5.41) is 15.0. The van der Waals surface area contributed by atoms with Crippen molar-refractivity contribution in [2.45, 2.75) is 0 Å². The van der Waals surface area contributed by atoms with Crippen LogP contribution in [-0.2, 0) is 5.11 Å². The molecular formula is C15H9O2. The molecule has 0 atom stereocenters. The lowest BCUT2D eigenvalue weighted by atomic mass is 10.0. The molecule has 1 radical (unpaired) electrons. The minimum absolute atomic E-state index is 0.216. The summed E-state index contributed by atoms with van der Waals surface area (Å²) in [5.41, 5.74) is 0.216. The second-order valence-corrected chi connectivity index (χ2v) is 4.05. The number of carbonyl (C=O) groups is 1. The highest BCUT2D eigenvalue weighted by Crippen LogP contribution is 2.23. The van der Waals surface area contributed by atoms with Crippen molar-refractivity contribution in [1.82, 2.24) is 0 Å². The van der Waals surface area contributed by atoms with E-state index in [0.717, 1.165) is 21.5 Å². The smallest absolute Gasteiger partial charge is 0.242 e. The summed E-state index contributed by atoms with van der Waals surface area (Å²) in [6.45, 7) is 0. The molecular weight excluding hydrogens is 212 g/mol. The van der Waals surface area contributed by atoms with Crippen LogP contribution in [0.1, 0.15) is 10.4 Å². The second-order valence-electron chi connectivity index (χ2n) is 4.05. The van der Waals surface area contributed by atoms with Gasteiger partial charge in [0, 0.05) is 0 Å². The van der Waals surface area contributed by atoms with E-state index in [4.69, 9.17) is 0 Å². The Labute approximate surface area is 98.1 Å². The monoisotopic (exact) mass is 221 g/mol. The molecule has 0 N–H and O–H groups in total. The maximum absolute atomic E-state index is 10.8. The minimum atomic E-state index is -1.14. The fourth-order valence-electron chi connectivity index (χ4n) is 2.07. The Bertz CT molecular complexity index is 729. The molecule has 0 bridgehead atoms. The third-order valence-electron chi connectivity index (χ3n) is 2.94. The average Bonchev–Trinajstić information content (AvgIpc) is 2.35. The van der Waals surface area contributed by atoms with Crippen LogP contribution in [0.25, 0.3) is 21.5 Å². The first kappa shape index (κ1) is 9.85. The quantitative estimate of drug-likeness (QED) is 0.579. The van der Waals surface area contributed by atoms with Crippen molar-refractivity contribution in [1.29, 1.82) is 0 Å². The maximum atomic E-state index is 10.8. The first-order valence-corrected chi connectivity index (χ1v) is 5.38. The summed E-state index contributed by atoms with van der Waals surface area (Å²) in [7, 11) is 0. The Morgan fingerprint density at radius 3 is 1.94 bits per heavy atom. The predicted octanol–water partition coefficient (Wildman–Crippen LogP) is 3.56. The van der Waals surface area contributed by atoms with Crippen molar-refractivity contribution in [3.8, 4) is 0 Å². The molecule has 2 nitrogen and oxygen atoms in total. The average molecular weight is 221 g/mol. The van der Waals surface area contributed by atoms with Gasteiger partial charge in [-0.3, -0.25) is 0 Å². The van der Waals surface area contributed by atoms with E-state index < -0.39 is 5.97 Å². The first-order valence-electron chi connectivity index (χ1n) is 5.38. The van der Waals surface area contributed by atoms with Crippen molar-refractivity contribution in [2.24, 2.45) is 0 Å². The van der Waals surface area contributed by atoms with Crippen LogP contribution >= 0.6 is 0 Å². The van der Waals surface area contributed by atoms with Crippen molar-refractivity contribution in [3.05, 3.63) is 60.2 Å². The van der Waals surface area contributed by atoms with E-state index in [9.17, 15) is 9.90 Å². The van der Waals surface area contributed by atoms with Crippen molar-refractivity contribution >= 4 is 27.5 Å². The summed E-state index contributed by atoms with van der Waals surface area (Å²) < 4.78 is 0. The molecule has 2 heteroatoms. The van der Waals surface area contributed by atoms with E-state index in [1.165, 1.54) is 0 Å². The Morgan fingerprint density at radius 2 is 1.29 bits per heavy atom. The van der Waals surface area contributed by atoms with Crippen LogP contribution in [0.5, 0.6) is 0 Å². The van der Waals surface area contributed by atoms with Gasteiger partial charge in [0.25, 0.3) is 0 Å². The molecule has 0 saturated heterocycles.